The maximum absolute atomic E-state index is 13.0. The molecule has 6 heteroatoms. The van der Waals surface area contributed by atoms with Crippen LogP contribution in [0.5, 0.6) is 0 Å². The molecule has 142 valence electrons. The topological polar surface area (TPSA) is 59.5 Å². The van der Waals surface area contributed by atoms with E-state index < -0.39 is 5.97 Å². The molecule has 0 bridgehead atoms. The minimum Gasteiger partial charge on any atom is -0.452 e. The largest absolute Gasteiger partial charge is 0.452 e. The Morgan fingerprint density at radius 1 is 1.04 bits per heavy atom. The predicted molar refractivity (Wildman–Crippen MR) is 100 cm³/mol. The highest BCUT2D eigenvalue weighted by atomic mass is 35.5. The van der Waals surface area contributed by atoms with Crippen molar-refractivity contribution in [3.8, 4) is 0 Å². The first-order valence-corrected chi connectivity index (χ1v) is 10.1. The smallest absolute Gasteiger partial charge is 0.341 e. The van der Waals surface area contributed by atoms with Crippen LogP contribution in [-0.2, 0) is 9.53 Å². The third-order valence-corrected chi connectivity index (χ3v) is 5.83. The van der Waals surface area contributed by atoms with Crippen LogP contribution in [0.25, 0.3) is 0 Å². The maximum Gasteiger partial charge on any atom is 0.341 e. The Morgan fingerprint density at radius 2 is 1.62 bits per heavy atom. The summed E-state index contributed by atoms with van der Waals surface area (Å²) >= 11 is 5.93. The Hall–Kier alpha value is -1.62. The second-order valence-corrected chi connectivity index (χ2v) is 7.66. The van der Waals surface area contributed by atoms with Crippen molar-refractivity contribution in [3.05, 3.63) is 29.0 Å². The number of ether oxygens (including phenoxy) is 1. The standard InChI is InChI=1S/C20H27ClN2O3/c21-19-17(12-7-13-22-19)20(25)26-14-18(24)23(15-8-3-1-4-9-15)16-10-5-2-6-11-16/h7,12-13,15-16H,1-6,8-11,14H2. The van der Waals surface area contributed by atoms with Gasteiger partial charge in [0.2, 0.25) is 0 Å². The number of carbonyl (C=O) groups is 2. The molecule has 2 saturated carbocycles. The first-order chi connectivity index (χ1) is 12.7. The van der Waals surface area contributed by atoms with Crippen LogP contribution in [0.1, 0.15) is 74.6 Å². The van der Waals surface area contributed by atoms with E-state index in [9.17, 15) is 9.59 Å². The summed E-state index contributed by atoms with van der Waals surface area (Å²) in [5.74, 6) is -0.666. The first kappa shape index (κ1) is 19.2. The van der Waals surface area contributed by atoms with Gasteiger partial charge in [0, 0.05) is 18.3 Å². The number of aromatic nitrogens is 1. The maximum atomic E-state index is 13.0. The van der Waals surface area contributed by atoms with Gasteiger partial charge < -0.3 is 9.64 Å². The molecule has 26 heavy (non-hydrogen) atoms. The second-order valence-electron chi connectivity index (χ2n) is 7.30. The summed E-state index contributed by atoms with van der Waals surface area (Å²) in [5.41, 5.74) is 0.198. The lowest BCUT2D eigenvalue weighted by atomic mass is 9.88. The summed E-state index contributed by atoms with van der Waals surface area (Å²) in [7, 11) is 0. The molecule has 0 aliphatic heterocycles. The zero-order chi connectivity index (χ0) is 18.4. The molecule has 0 N–H and O–H groups in total. The number of pyridine rings is 1. The van der Waals surface area contributed by atoms with Gasteiger partial charge in [0.05, 0.1) is 5.56 Å². The minimum atomic E-state index is -0.594. The third-order valence-electron chi connectivity index (χ3n) is 5.53. The molecule has 2 fully saturated rings. The van der Waals surface area contributed by atoms with E-state index in [-0.39, 0.29) is 23.2 Å². The van der Waals surface area contributed by atoms with E-state index in [0.717, 1.165) is 25.7 Å². The van der Waals surface area contributed by atoms with E-state index >= 15 is 0 Å². The number of rotatable bonds is 5. The van der Waals surface area contributed by atoms with Gasteiger partial charge in [-0.15, -0.1) is 0 Å². The van der Waals surface area contributed by atoms with Crippen molar-refractivity contribution in [1.82, 2.24) is 9.88 Å². The molecule has 0 saturated heterocycles. The van der Waals surface area contributed by atoms with E-state index in [1.54, 1.807) is 12.1 Å². The molecule has 2 aliphatic rings. The van der Waals surface area contributed by atoms with Gasteiger partial charge in [-0.2, -0.15) is 0 Å². The van der Waals surface area contributed by atoms with Gasteiger partial charge in [0.25, 0.3) is 5.91 Å². The van der Waals surface area contributed by atoms with Gasteiger partial charge in [-0.1, -0.05) is 50.1 Å². The zero-order valence-corrected chi connectivity index (χ0v) is 15.9. The number of esters is 1. The van der Waals surface area contributed by atoms with Crippen molar-refractivity contribution in [2.75, 3.05) is 6.61 Å². The van der Waals surface area contributed by atoms with Crippen LogP contribution in [0.3, 0.4) is 0 Å². The minimum absolute atomic E-state index is 0.0721. The van der Waals surface area contributed by atoms with E-state index in [1.165, 1.54) is 44.7 Å². The van der Waals surface area contributed by atoms with E-state index in [0.29, 0.717) is 12.1 Å². The molecular formula is C20H27ClN2O3. The van der Waals surface area contributed by atoms with Crippen LogP contribution in [0.2, 0.25) is 5.15 Å². The van der Waals surface area contributed by atoms with Crippen molar-refractivity contribution in [2.45, 2.75) is 76.3 Å². The summed E-state index contributed by atoms with van der Waals surface area (Å²) in [4.78, 5) is 31.1. The highest BCUT2D eigenvalue weighted by Crippen LogP contribution is 2.30. The van der Waals surface area contributed by atoms with Crippen molar-refractivity contribution >= 4 is 23.5 Å². The van der Waals surface area contributed by atoms with Crippen LogP contribution in [-0.4, -0.2) is 40.5 Å². The highest BCUT2D eigenvalue weighted by Gasteiger charge is 2.32. The second kappa shape index (κ2) is 9.36. The third kappa shape index (κ3) is 4.76. The summed E-state index contributed by atoms with van der Waals surface area (Å²) in [6.45, 7) is -0.225. The lowest BCUT2D eigenvalue weighted by molar-refractivity contribution is -0.141. The van der Waals surface area contributed by atoms with Crippen molar-refractivity contribution in [1.29, 1.82) is 0 Å². The van der Waals surface area contributed by atoms with Crippen LogP contribution in [0.15, 0.2) is 18.3 Å². The fourth-order valence-electron chi connectivity index (χ4n) is 4.24. The van der Waals surface area contributed by atoms with Crippen molar-refractivity contribution < 1.29 is 14.3 Å². The quantitative estimate of drug-likeness (QED) is 0.563. The molecule has 5 nitrogen and oxygen atoms in total. The Balaban J connectivity index is 1.64. The molecule has 2 aliphatic carbocycles. The van der Waals surface area contributed by atoms with Gasteiger partial charge >= 0.3 is 5.97 Å². The van der Waals surface area contributed by atoms with Gasteiger partial charge in [-0.05, 0) is 37.8 Å². The molecule has 1 amide bonds. The monoisotopic (exact) mass is 378 g/mol. The number of amides is 1. The van der Waals surface area contributed by atoms with Crippen molar-refractivity contribution in [2.24, 2.45) is 0 Å². The van der Waals surface area contributed by atoms with Crippen LogP contribution in [0.4, 0.5) is 0 Å². The van der Waals surface area contributed by atoms with Crippen molar-refractivity contribution in [3.63, 3.8) is 0 Å². The lowest BCUT2D eigenvalue weighted by Gasteiger charge is -2.41. The molecule has 1 aromatic heterocycles. The fraction of sp³-hybridized carbons (Fsp3) is 0.650. The van der Waals surface area contributed by atoms with Gasteiger partial charge in [0.1, 0.15) is 5.15 Å². The number of carbonyl (C=O) groups excluding carboxylic acids is 2. The molecule has 0 atom stereocenters. The Labute approximate surface area is 160 Å². The first-order valence-electron chi connectivity index (χ1n) is 9.75. The SMILES string of the molecule is O=C(OCC(=O)N(C1CCCCC1)C1CCCCC1)c1cccnc1Cl. The zero-order valence-electron chi connectivity index (χ0n) is 15.2. The van der Waals surface area contributed by atoms with Gasteiger partial charge in [-0.25, -0.2) is 9.78 Å². The molecule has 0 aromatic carbocycles. The Kier molecular flexibility index (Phi) is 6.89. The summed E-state index contributed by atoms with van der Waals surface area (Å²) < 4.78 is 5.28. The lowest BCUT2D eigenvalue weighted by Crippen LogP contribution is -2.50. The Morgan fingerprint density at radius 3 is 2.15 bits per heavy atom. The van der Waals surface area contributed by atoms with E-state index in [4.69, 9.17) is 16.3 Å². The van der Waals surface area contributed by atoms with Gasteiger partial charge in [0.15, 0.2) is 6.61 Å². The average molecular weight is 379 g/mol. The predicted octanol–water partition coefficient (Wildman–Crippen LogP) is 4.39. The summed E-state index contributed by atoms with van der Waals surface area (Å²) in [5, 5.41) is 0.0985. The molecule has 0 spiro atoms. The number of nitrogens with zero attached hydrogens (tertiary/aromatic N) is 2. The normalized spacial score (nSPS) is 19.1. The van der Waals surface area contributed by atoms with Crippen LogP contribution in [0, 0.1) is 0 Å². The Bertz CT molecular complexity index is 607. The van der Waals surface area contributed by atoms with E-state index in [2.05, 4.69) is 9.88 Å². The molecule has 0 radical (unpaired) electrons. The molecular weight excluding hydrogens is 352 g/mol. The summed E-state index contributed by atoms with van der Waals surface area (Å²) in [6.07, 6.45) is 12.9. The number of hydrogen-bond acceptors (Lipinski definition) is 4. The number of hydrogen-bond donors (Lipinski definition) is 0. The van der Waals surface area contributed by atoms with Gasteiger partial charge in [-0.3, -0.25) is 4.79 Å². The molecule has 0 unspecified atom stereocenters. The molecule has 3 rings (SSSR count). The van der Waals surface area contributed by atoms with E-state index in [1.807, 2.05) is 0 Å². The highest BCUT2D eigenvalue weighted by molar-refractivity contribution is 6.32. The fourth-order valence-corrected chi connectivity index (χ4v) is 4.44. The number of halogens is 1. The van der Waals surface area contributed by atoms with Crippen LogP contribution < -0.4 is 0 Å². The average Bonchev–Trinajstić information content (AvgIpc) is 2.68. The molecule has 1 aromatic rings. The summed E-state index contributed by atoms with van der Waals surface area (Å²) in [6, 6.07) is 3.77. The molecule has 1 heterocycles. The van der Waals surface area contributed by atoms with Crippen LogP contribution >= 0.6 is 11.6 Å².